The number of carboxylic acid groups (broad SMARTS) is 1. The Balaban J connectivity index is 1.70. The number of aromatic nitrogens is 1. The fraction of sp³-hybridized carbons (Fsp3) is 0.200. The molecule has 0 aliphatic rings. The van der Waals surface area contributed by atoms with E-state index in [9.17, 15) is 14.9 Å². The van der Waals surface area contributed by atoms with Crippen LogP contribution in [0.3, 0.4) is 0 Å². The van der Waals surface area contributed by atoms with E-state index in [1.54, 1.807) is 60.8 Å². The minimum Gasteiger partial charge on any atom is -0.465 e. The number of hydrogen-bond donors (Lipinski definition) is 4. The number of anilines is 2. The lowest BCUT2D eigenvalue weighted by molar-refractivity contribution is 0.102. The third-order valence-electron chi connectivity index (χ3n) is 4.84. The number of nitrogens with zero attached hydrogens (tertiary/aromatic N) is 2. The first-order valence-corrected chi connectivity index (χ1v) is 10.7. The average molecular weight is 460 g/mol. The number of nitriles is 1. The van der Waals surface area contributed by atoms with Gasteiger partial charge in [-0.05, 0) is 42.4 Å². The van der Waals surface area contributed by atoms with Crippen LogP contribution in [0, 0.1) is 11.3 Å². The summed E-state index contributed by atoms with van der Waals surface area (Å²) >= 11 is 0. The third-order valence-corrected chi connectivity index (χ3v) is 4.84. The molecular formula is C25H25N5O4. The number of ether oxygens (including phenoxy) is 1. The molecule has 2 amide bonds. The van der Waals surface area contributed by atoms with Crippen LogP contribution in [0.1, 0.15) is 28.4 Å². The molecule has 9 nitrogen and oxygen atoms in total. The summed E-state index contributed by atoms with van der Waals surface area (Å²) < 4.78 is 5.59. The van der Waals surface area contributed by atoms with Gasteiger partial charge >= 0.3 is 6.09 Å². The van der Waals surface area contributed by atoms with Crippen molar-refractivity contribution < 1.29 is 19.4 Å². The zero-order valence-corrected chi connectivity index (χ0v) is 18.7. The van der Waals surface area contributed by atoms with Crippen molar-refractivity contribution in [3.63, 3.8) is 0 Å². The summed E-state index contributed by atoms with van der Waals surface area (Å²) in [6.07, 6.45) is 0.453. The highest BCUT2D eigenvalue weighted by Gasteiger charge is 2.13. The predicted molar refractivity (Wildman–Crippen MR) is 129 cm³/mol. The maximum atomic E-state index is 12.7. The second kappa shape index (κ2) is 12.1. The Bertz CT molecular complexity index is 1190. The number of hydrogen-bond acceptors (Lipinski definition) is 6. The van der Waals surface area contributed by atoms with Crippen molar-refractivity contribution in [3.8, 4) is 17.3 Å². The molecule has 1 aromatic heterocycles. The molecule has 0 unspecified atom stereocenters. The van der Waals surface area contributed by atoms with Gasteiger partial charge < -0.3 is 20.5 Å². The second-order valence-corrected chi connectivity index (χ2v) is 7.26. The molecule has 0 spiro atoms. The number of rotatable bonds is 10. The Morgan fingerprint density at radius 1 is 1.09 bits per heavy atom. The molecule has 0 atom stereocenters. The van der Waals surface area contributed by atoms with E-state index in [4.69, 9.17) is 9.84 Å². The molecule has 0 aliphatic heterocycles. The Hall–Kier alpha value is -4.26. The van der Waals surface area contributed by atoms with Gasteiger partial charge in [-0.15, -0.1) is 0 Å². The Morgan fingerprint density at radius 2 is 1.79 bits per heavy atom. The van der Waals surface area contributed by atoms with Gasteiger partial charge in [0.1, 0.15) is 6.07 Å². The van der Waals surface area contributed by atoms with Crippen LogP contribution in [-0.4, -0.2) is 41.8 Å². The maximum Gasteiger partial charge on any atom is 0.409 e. The Kier molecular flexibility index (Phi) is 8.68. The molecule has 0 bridgehead atoms. The number of carbonyl (C=O) groups is 2. The van der Waals surface area contributed by atoms with Crippen LogP contribution in [0.15, 0.2) is 60.8 Å². The van der Waals surface area contributed by atoms with E-state index in [0.717, 1.165) is 18.7 Å². The normalized spacial score (nSPS) is 10.4. The van der Waals surface area contributed by atoms with Crippen molar-refractivity contribution in [1.29, 1.82) is 5.26 Å². The molecule has 0 fully saturated rings. The van der Waals surface area contributed by atoms with Gasteiger partial charge in [0.05, 0.1) is 35.8 Å². The lowest BCUT2D eigenvalue weighted by atomic mass is 10.0. The third kappa shape index (κ3) is 6.62. The molecule has 0 saturated carbocycles. The minimum atomic E-state index is -1.22. The van der Waals surface area contributed by atoms with Gasteiger partial charge in [0.15, 0.2) is 0 Å². The first kappa shape index (κ1) is 24.4. The van der Waals surface area contributed by atoms with Crippen molar-refractivity contribution in [3.05, 3.63) is 77.5 Å². The van der Waals surface area contributed by atoms with Crippen LogP contribution in [0.4, 0.5) is 16.2 Å². The van der Waals surface area contributed by atoms with Crippen molar-refractivity contribution >= 4 is 23.4 Å². The molecule has 0 aliphatic carbocycles. The lowest BCUT2D eigenvalue weighted by Crippen LogP contribution is -2.18. The SMILES string of the molecule is CCNCCOCc1cnc(-c2ccc(C(=O)Nc3ccccc3NC(=O)O)cc2)c(C#N)c1. The first-order chi connectivity index (χ1) is 16.5. The fourth-order valence-electron chi connectivity index (χ4n) is 3.20. The van der Waals surface area contributed by atoms with E-state index in [-0.39, 0.29) is 5.69 Å². The molecule has 0 radical (unpaired) electrons. The zero-order chi connectivity index (χ0) is 24.3. The van der Waals surface area contributed by atoms with E-state index in [1.165, 1.54) is 0 Å². The van der Waals surface area contributed by atoms with Gasteiger partial charge in [0.25, 0.3) is 5.91 Å². The molecule has 3 aromatic rings. The summed E-state index contributed by atoms with van der Waals surface area (Å²) in [6, 6.07) is 17.1. The number of benzene rings is 2. The van der Waals surface area contributed by atoms with Crippen LogP contribution in [0.25, 0.3) is 11.3 Å². The topological polar surface area (TPSA) is 136 Å². The summed E-state index contributed by atoms with van der Waals surface area (Å²) in [5.41, 5.74) is 3.42. The van der Waals surface area contributed by atoms with Gasteiger partial charge in [-0.3, -0.25) is 15.1 Å². The highest BCUT2D eigenvalue weighted by Crippen LogP contribution is 2.24. The summed E-state index contributed by atoms with van der Waals surface area (Å²) in [4.78, 5) is 28.0. The van der Waals surface area contributed by atoms with Crippen LogP contribution in [-0.2, 0) is 11.3 Å². The molecule has 174 valence electrons. The number of para-hydroxylation sites is 2. The molecule has 9 heteroatoms. The predicted octanol–water partition coefficient (Wildman–Crippen LogP) is 4.09. The Morgan fingerprint density at radius 3 is 2.44 bits per heavy atom. The molecule has 0 saturated heterocycles. The maximum absolute atomic E-state index is 12.7. The summed E-state index contributed by atoms with van der Waals surface area (Å²) in [6.45, 7) is 4.60. The lowest BCUT2D eigenvalue weighted by Gasteiger charge is -2.11. The van der Waals surface area contributed by atoms with Crippen LogP contribution in [0.2, 0.25) is 0 Å². The van der Waals surface area contributed by atoms with E-state index < -0.39 is 12.0 Å². The van der Waals surface area contributed by atoms with E-state index in [0.29, 0.717) is 41.3 Å². The van der Waals surface area contributed by atoms with Crippen LogP contribution in [0.5, 0.6) is 0 Å². The van der Waals surface area contributed by atoms with Crippen molar-refractivity contribution in [1.82, 2.24) is 10.3 Å². The summed E-state index contributed by atoms with van der Waals surface area (Å²) in [5, 5.41) is 26.7. The van der Waals surface area contributed by atoms with Gasteiger partial charge in [0, 0.05) is 23.9 Å². The van der Waals surface area contributed by atoms with Gasteiger partial charge in [-0.2, -0.15) is 5.26 Å². The van der Waals surface area contributed by atoms with Crippen molar-refractivity contribution in [2.75, 3.05) is 30.3 Å². The standard InChI is InChI=1S/C25H25N5O4/c1-2-27-11-12-34-16-17-13-20(14-26)23(28-15-17)18-7-9-19(10-8-18)24(31)29-21-5-3-4-6-22(21)30-25(32)33/h3-10,13,15,27,30H,2,11-12,16H2,1H3,(H,29,31)(H,32,33). The number of nitrogens with one attached hydrogen (secondary N) is 3. The van der Waals surface area contributed by atoms with Crippen LogP contribution >= 0.6 is 0 Å². The number of likely N-dealkylation sites (N-methyl/N-ethyl adjacent to an activating group) is 1. The molecule has 4 N–H and O–H groups in total. The van der Waals surface area contributed by atoms with Gasteiger partial charge in [0.2, 0.25) is 0 Å². The molecule has 34 heavy (non-hydrogen) atoms. The van der Waals surface area contributed by atoms with Crippen molar-refractivity contribution in [2.45, 2.75) is 13.5 Å². The summed E-state index contributed by atoms with van der Waals surface area (Å²) in [5.74, 6) is -0.398. The highest BCUT2D eigenvalue weighted by molar-refractivity contribution is 6.07. The number of amides is 2. The quantitative estimate of drug-likeness (QED) is 0.335. The van der Waals surface area contributed by atoms with E-state index >= 15 is 0 Å². The molecule has 1 heterocycles. The minimum absolute atomic E-state index is 0.272. The zero-order valence-electron chi connectivity index (χ0n) is 18.7. The van der Waals surface area contributed by atoms with Gasteiger partial charge in [-0.1, -0.05) is 31.2 Å². The average Bonchev–Trinajstić information content (AvgIpc) is 2.84. The number of pyridine rings is 1. The molecule has 3 rings (SSSR count). The second-order valence-electron chi connectivity index (χ2n) is 7.26. The monoisotopic (exact) mass is 459 g/mol. The van der Waals surface area contributed by atoms with Gasteiger partial charge in [-0.25, -0.2) is 4.79 Å². The molecular weight excluding hydrogens is 434 g/mol. The highest BCUT2D eigenvalue weighted by atomic mass is 16.5. The van der Waals surface area contributed by atoms with Crippen molar-refractivity contribution in [2.24, 2.45) is 0 Å². The number of carbonyl (C=O) groups excluding carboxylic acids is 1. The fourth-order valence-corrected chi connectivity index (χ4v) is 3.20. The largest absolute Gasteiger partial charge is 0.465 e. The van der Waals surface area contributed by atoms with Crippen LogP contribution < -0.4 is 16.0 Å². The van der Waals surface area contributed by atoms with E-state index in [1.807, 2.05) is 6.92 Å². The summed E-state index contributed by atoms with van der Waals surface area (Å²) in [7, 11) is 0. The van der Waals surface area contributed by atoms with E-state index in [2.05, 4.69) is 27.0 Å². The molecule has 2 aromatic carbocycles. The first-order valence-electron chi connectivity index (χ1n) is 10.7. The smallest absolute Gasteiger partial charge is 0.409 e. The Labute approximate surface area is 197 Å².